The number of aryl methyl sites for hydroxylation is 1. The molecule has 0 radical (unpaired) electrons. The highest BCUT2D eigenvalue weighted by atomic mass is 35.5. The van der Waals surface area contributed by atoms with E-state index in [-0.39, 0.29) is 22.0 Å². The molecule has 2 heterocycles. The van der Waals surface area contributed by atoms with Gasteiger partial charge in [-0.15, -0.1) is 0 Å². The smallest absolute Gasteiger partial charge is 0.352 e. The summed E-state index contributed by atoms with van der Waals surface area (Å²) in [7, 11) is 1.41. The summed E-state index contributed by atoms with van der Waals surface area (Å²) in [4.78, 5) is 38.8. The second-order valence-corrected chi connectivity index (χ2v) is 8.53. The molecule has 2 N–H and O–H groups in total. The van der Waals surface area contributed by atoms with E-state index in [1.54, 1.807) is 6.92 Å². The number of hydrogen-bond acceptors (Lipinski definition) is 6. The monoisotopic (exact) mass is 503 g/mol. The van der Waals surface area contributed by atoms with E-state index in [2.05, 4.69) is 5.43 Å². The Labute approximate surface area is 198 Å². The Morgan fingerprint density at radius 1 is 1.33 bits per heavy atom. The Bertz CT molecular complexity index is 1180. The fourth-order valence-corrected chi connectivity index (χ4v) is 4.18. The van der Waals surface area contributed by atoms with Crippen LogP contribution in [0.5, 0.6) is 5.75 Å². The highest BCUT2D eigenvalue weighted by molar-refractivity contribution is 6.36. The van der Waals surface area contributed by atoms with E-state index >= 15 is 0 Å². The van der Waals surface area contributed by atoms with Crippen molar-refractivity contribution < 1.29 is 23.8 Å². The van der Waals surface area contributed by atoms with Crippen molar-refractivity contribution in [2.24, 2.45) is 0 Å². The van der Waals surface area contributed by atoms with Crippen molar-refractivity contribution in [1.82, 2.24) is 9.24 Å². The first kappa shape index (κ1) is 25.2. The van der Waals surface area contributed by atoms with Gasteiger partial charge in [-0.05, 0) is 38.0 Å². The third kappa shape index (κ3) is 4.65. The number of aliphatic hydroxyl groups is 1. The molecule has 1 amide bonds. The van der Waals surface area contributed by atoms with Gasteiger partial charge >= 0.3 is 5.69 Å². The molecule has 5 atom stereocenters. The molecule has 1 aromatic carbocycles. The fourth-order valence-electron chi connectivity index (χ4n) is 3.55. The number of halogens is 3. The Morgan fingerprint density at radius 3 is 2.55 bits per heavy atom. The third-order valence-electron chi connectivity index (χ3n) is 5.63. The van der Waals surface area contributed by atoms with E-state index in [0.29, 0.717) is 16.0 Å². The van der Waals surface area contributed by atoms with Gasteiger partial charge in [0.15, 0.2) is 12.4 Å². The van der Waals surface area contributed by atoms with Crippen LogP contribution in [0.4, 0.5) is 4.39 Å². The van der Waals surface area contributed by atoms with Crippen LogP contribution >= 0.6 is 23.2 Å². The van der Waals surface area contributed by atoms with Crippen molar-refractivity contribution in [3.8, 4) is 5.75 Å². The Hall–Kier alpha value is -2.40. The van der Waals surface area contributed by atoms with Gasteiger partial charge in [-0.25, -0.2) is 9.18 Å². The average molecular weight is 504 g/mol. The molecule has 0 bridgehead atoms. The third-order valence-corrected chi connectivity index (χ3v) is 6.25. The van der Waals surface area contributed by atoms with Gasteiger partial charge in [0.25, 0.3) is 5.56 Å². The number of benzene rings is 1. The summed E-state index contributed by atoms with van der Waals surface area (Å²) in [5.74, 6) is -1.34. The van der Waals surface area contributed by atoms with E-state index in [0.717, 1.165) is 4.57 Å². The SMILES string of the molecule is CCc1cn([C@@H]2O[C@H](C)[C@@H](O)[C@@H]2F)c(=O)n(NC(=O)C(C)c2cc(OC)c(Cl)cc2Cl)c1=O. The lowest BCUT2D eigenvalue weighted by Crippen LogP contribution is -2.50. The Kier molecular flexibility index (Phi) is 7.52. The van der Waals surface area contributed by atoms with Crippen molar-refractivity contribution in [2.75, 3.05) is 12.5 Å². The van der Waals surface area contributed by atoms with Crippen molar-refractivity contribution in [3.63, 3.8) is 0 Å². The van der Waals surface area contributed by atoms with Crippen LogP contribution < -0.4 is 21.4 Å². The number of nitrogens with one attached hydrogen (secondary N) is 1. The molecule has 1 saturated heterocycles. The normalized spacial score (nSPS) is 23.4. The molecular formula is C21H24Cl2FN3O6. The van der Waals surface area contributed by atoms with Crippen LogP contribution in [-0.4, -0.2) is 45.7 Å². The molecule has 1 unspecified atom stereocenters. The topological polar surface area (TPSA) is 112 Å². The van der Waals surface area contributed by atoms with Crippen LogP contribution in [0.25, 0.3) is 0 Å². The minimum absolute atomic E-state index is 0.138. The number of alkyl halides is 1. The molecular weight excluding hydrogens is 480 g/mol. The largest absolute Gasteiger partial charge is 0.495 e. The lowest BCUT2D eigenvalue weighted by Gasteiger charge is -2.20. The average Bonchev–Trinajstić information content (AvgIpc) is 3.03. The molecule has 33 heavy (non-hydrogen) atoms. The van der Waals surface area contributed by atoms with Crippen LogP contribution in [0.2, 0.25) is 10.0 Å². The minimum atomic E-state index is -1.90. The molecule has 0 aliphatic carbocycles. The predicted molar refractivity (Wildman–Crippen MR) is 121 cm³/mol. The zero-order valence-corrected chi connectivity index (χ0v) is 19.9. The lowest BCUT2D eigenvalue weighted by atomic mass is 10.00. The highest BCUT2D eigenvalue weighted by Gasteiger charge is 2.43. The summed E-state index contributed by atoms with van der Waals surface area (Å²) in [6.07, 6.45) is -4.28. The molecule has 12 heteroatoms. The molecule has 180 valence electrons. The molecule has 3 rings (SSSR count). The van der Waals surface area contributed by atoms with Gasteiger partial charge in [-0.3, -0.25) is 19.6 Å². The molecule has 2 aromatic rings. The van der Waals surface area contributed by atoms with E-state index in [1.807, 2.05) is 0 Å². The maximum Gasteiger partial charge on any atom is 0.352 e. The molecule has 0 saturated carbocycles. The van der Waals surface area contributed by atoms with Crippen LogP contribution in [0, 0.1) is 0 Å². The lowest BCUT2D eigenvalue weighted by molar-refractivity contribution is -0.118. The van der Waals surface area contributed by atoms with Gasteiger partial charge in [0.2, 0.25) is 5.91 Å². The van der Waals surface area contributed by atoms with E-state index < -0.39 is 47.7 Å². The standard InChI is InChI=1S/C21H24Cl2FN3O6/c1-5-11-8-26(20-16(24)17(28)10(3)33-20)21(31)27(19(11)30)25-18(29)9(2)12-6-15(32-4)14(23)7-13(12)22/h6-10,16-17,20,28H,5H2,1-4H3,(H,25,29)/t9?,10-,16+,17-,20-/m1/s1. The number of carbonyl (C=O) groups excluding carboxylic acids is 1. The zero-order valence-electron chi connectivity index (χ0n) is 18.3. The second-order valence-electron chi connectivity index (χ2n) is 7.71. The number of carbonyl (C=O) groups is 1. The summed E-state index contributed by atoms with van der Waals surface area (Å²) in [6, 6.07) is 2.91. The Morgan fingerprint density at radius 2 is 2.00 bits per heavy atom. The number of aromatic nitrogens is 2. The Balaban J connectivity index is 2.01. The number of ether oxygens (including phenoxy) is 2. The van der Waals surface area contributed by atoms with E-state index in [9.17, 15) is 23.9 Å². The summed E-state index contributed by atoms with van der Waals surface area (Å²) >= 11 is 12.3. The number of hydrogen-bond donors (Lipinski definition) is 2. The molecule has 1 fully saturated rings. The van der Waals surface area contributed by atoms with Crippen LogP contribution in [0.3, 0.4) is 0 Å². The van der Waals surface area contributed by atoms with Crippen molar-refractivity contribution in [1.29, 1.82) is 0 Å². The first-order chi connectivity index (χ1) is 15.5. The second kappa shape index (κ2) is 9.84. The van der Waals surface area contributed by atoms with Crippen molar-refractivity contribution in [2.45, 2.75) is 57.7 Å². The first-order valence-corrected chi connectivity index (χ1v) is 11.0. The van der Waals surface area contributed by atoms with Gasteiger partial charge in [-0.2, -0.15) is 4.68 Å². The number of nitrogens with zero attached hydrogens (tertiary/aromatic N) is 2. The maximum absolute atomic E-state index is 14.6. The number of aliphatic hydroxyl groups excluding tert-OH is 1. The maximum atomic E-state index is 14.6. The van der Waals surface area contributed by atoms with Gasteiger partial charge in [0, 0.05) is 16.8 Å². The summed E-state index contributed by atoms with van der Waals surface area (Å²) in [5.41, 5.74) is 1.00. The van der Waals surface area contributed by atoms with Gasteiger partial charge in [0.1, 0.15) is 11.9 Å². The van der Waals surface area contributed by atoms with Gasteiger partial charge in [0.05, 0.1) is 24.2 Å². The first-order valence-electron chi connectivity index (χ1n) is 10.2. The van der Waals surface area contributed by atoms with Crippen molar-refractivity contribution >= 4 is 29.1 Å². The molecule has 1 aliphatic rings. The molecule has 9 nitrogen and oxygen atoms in total. The highest BCUT2D eigenvalue weighted by Crippen LogP contribution is 2.35. The predicted octanol–water partition coefficient (Wildman–Crippen LogP) is 2.38. The fraction of sp³-hybridized carbons (Fsp3) is 0.476. The number of rotatable bonds is 6. The summed E-state index contributed by atoms with van der Waals surface area (Å²) < 4.78 is 26.5. The summed E-state index contributed by atoms with van der Waals surface area (Å²) in [5, 5.41) is 10.3. The van der Waals surface area contributed by atoms with Gasteiger partial charge in [-0.1, -0.05) is 30.1 Å². The molecule has 1 aliphatic heterocycles. The van der Waals surface area contributed by atoms with Gasteiger partial charge < -0.3 is 14.6 Å². The zero-order chi connectivity index (χ0) is 24.6. The number of methoxy groups -OCH3 is 1. The molecule has 1 aromatic heterocycles. The van der Waals surface area contributed by atoms with Crippen molar-refractivity contribution in [3.05, 3.63) is 60.3 Å². The number of amides is 1. The minimum Gasteiger partial charge on any atom is -0.495 e. The quantitative estimate of drug-likeness (QED) is 0.625. The van der Waals surface area contributed by atoms with Crippen LogP contribution in [0.1, 0.15) is 44.0 Å². The van der Waals surface area contributed by atoms with Crippen LogP contribution in [0.15, 0.2) is 27.9 Å². The summed E-state index contributed by atoms with van der Waals surface area (Å²) in [6.45, 7) is 4.65. The molecule has 0 spiro atoms. The van der Waals surface area contributed by atoms with Crippen LogP contribution in [-0.2, 0) is 16.0 Å². The van der Waals surface area contributed by atoms with E-state index in [4.69, 9.17) is 32.7 Å². The van der Waals surface area contributed by atoms with E-state index in [1.165, 1.54) is 39.3 Å².